The molecule has 0 radical (unpaired) electrons. The number of benzene rings is 5. The molecule has 0 aliphatic carbocycles. The van der Waals surface area contributed by atoms with Gasteiger partial charge in [0.25, 0.3) is 0 Å². The van der Waals surface area contributed by atoms with E-state index >= 15 is 0 Å². The van der Waals surface area contributed by atoms with Crippen molar-refractivity contribution in [1.82, 2.24) is 9.55 Å². The molecule has 0 spiro atoms. The van der Waals surface area contributed by atoms with Crippen molar-refractivity contribution in [3.8, 4) is 17.3 Å². The fourth-order valence-electron chi connectivity index (χ4n) is 6.65. The summed E-state index contributed by atoms with van der Waals surface area (Å²) in [4.78, 5) is 9.16. The third-order valence-corrected chi connectivity index (χ3v) is 10.2. The maximum Gasteiger partial charge on any atom is 0.135 e. The molecule has 1 aliphatic heterocycles. The first-order valence-corrected chi connectivity index (χ1v) is 16.6. The van der Waals surface area contributed by atoms with E-state index in [9.17, 15) is 0 Å². The average molecular weight is 823 g/mol. The van der Waals surface area contributed by atoms with E-state index in [4.69, 9.17) is 9.72 Å². The number of aromatic nitrogens is 2. The molecule has 0 amide bonds. The van der Waals surface area contributed by atoms with Gasteiger partial charge in [0.15, 0.2) is 0 Å². The van der Waals surface area contributed by atoms with Gasteiger partial charge in [-0.2, -0.15) is 18.8 Å². The zero-order valence-corrected chi connectivity index (χ0v) is 30.0. The van der Waals surface area contributed by atoms with Gasteiger partial charge in [0.2, 0.25) is 0 Å². The minimum atomic E-state index is 0. The molecule has 0 saturated heterocycles. The Morgan fingerprint density at radius 2 is 1.52 bits per heavy atom. The Morgan fingerprint density at radius 3 is 2.38 bits per heavy atom. The van der Waals surface area contributed by atoms with Crippen LogP contribution in [-0.2, 0) is 26.5 Å². The number of nitrogens with zero attached hydrogens (tertiary/aromatic N) is 4. The second kappa shape index (κ2) is 11.5. The van der Waals surface area contributed by atoms with Crippen LogP contribution in [0.2, 0.25) is 0 Å². The quantitative estimate of drug-likeness (QED) is 0.166. The van der Waals surface area contributed by atoms with Crippen molar-refractivity contribution < 1.29 is 25.8 Å². The maximum absolute atomic E-state index is 6.48. The molecule has 0 fully saturated rings. The van der Waals surface area contributed by atoms with Crippen LogP contribution in [0.1, 0.15) is 26.3 Å². The molecule has 1 aliphatic rings. The fourth-order valence-corrected chi connectivity index (χ4v) is 7.77. The van der Waals surface area contributed by atoms with Crippen LogP contribution in [0.25, 0.3) is 47.8 Å². The van der Waals surface area contributed by atoms with Crippen molar-refractivity contribution in [1.29, 1.82) is 0 Å². The number of para-hydroxylation sites is 1. The van der Waals surface area contributed by atoms with Crippen LogP contribution in [0, 0.1) is 18.8 Å². The molecule has 48 heavy (non-hydrogen) atoms. The number of fused-ring (bicyclic) bond motifs is 7. The Balaban J connectivity index is 0.00000336. The van der Waals surface area contributed by atoms with E-state index in [0.29, 0.717) is 11.5 Å². The number of anilines is 3. The Bertz CT molecular complexity index is 2510. The van der Waals surface area contributed by atoms with E-state index in [2.05, 4.69) is 146 Å². The second-order valence-corrected chi connectivity index (χ2v) is 14.2. The van der Waals surface area contributed by atoms with Gasteiger partial charge < -0.3 is 19.1 Å². The SMILES string of the molecule is CN1[CH-]N(c2[c-]c(Oc3[c-]c4c(cc3)c3ccccc3n4-c3cc(C(C)(C)C)ccn3)ccc2)c2cc3sc4ccccc4c3cc21.[Pt]. The van der Waals surface area contributed by atoms with Gasteiger partial charge in [-0.15, -0.1) is 52.7 Å². The normalized spacial score (nSPS) is 13.1. The van der Waals surface area contributed by atoms with Crippen LogP contribution in [0.4, 0.5) is 17.1 Å². The van der Waals surface area contributed by atoms with E-state index in [1.165, 1.54) is 25.7 Å². The summed E-state index contributed by atoms with van der Waals surface area (Å²) in [6, 6.07) is 43.2. The summed E-state index contributed by atoms with van der Waals surface area (Å²) in [5.41, 5.74) is 6.44. The molecule has 7 heteroatoms. The van der Waals surface area contributed by atoms with Crippen LogP contribution < -0.4 is 14.5 Å². The van der Waals surface area contributed by atoms with E-state index in [1.54, 1.807) is 0 Å². The summed E-state index contributed by atoms with van der Waals surface area (Å²) >= 11 is 1.83. The van der Waals surface area contributed by atoms with Crippen LogP contribution in [-0.4, -0.2) is 16.6 Å². The molecule has 9 rings (SSSR count). The third-order valence-electron chi connectivity index (χ3n) is 9.03. The number of hydrogen-bond acceptors (Lipinski definition) is 5. The third kappa shape index (κ3) is 4.98. The number of rotatable bonds is 4. The molecule has 4 heterocycles. The van der Waals surface area contributed by atoms with Crippen molar-refractivity contribution in [2.45, 2.75) is 26.2 Å². The zero-order valence-electron chi connectivity index (χ0n) is 26.9. The first-order chi connectivity index (χ1) is 22.8. The van der Waals surface area contributed by atoms with Crippen molar-refractivity contribution in [3.63, 3.8) is 0 Å². The van der Waals surface area contributed by atoms with Gasteiger partial charge in [-0.25, -0.2) is 4.98 Å². The van der Waals surface area contributed by atoms with Gasteiger partial charge >= 0.3 is 0 Å². The first-order valence-electron chi connectivity index (χ1n) is 15.8. The van der Waals surface area contributed by atoms with Gasteiger partial charge in [-0.05, 0) is 59.8 Å². The summed E-state index contributed by atoms with van der Waals surface area (Å²) in [5, 5.41) is 4.85. The molecule has 5 nitrogen and oxygen atoms in total. The molecule has 0 unspecified atom stereocenters. The van der Waals surface area contributed by atoms with Crippen LogP contribution in [0.15, 0.2) is 109 Å². The number of hydrogen-bond donors (Lipinski definition) is 0. The summed E-state index contributed by atoms with van der Waals surface area (Å²) in [6.07, 6.45) is 1.90. The molecular weight excluding hydrogens is 792 g/mol. The molecule has 0 N–H and O–H groups in total. The minimum absolute atomic E-state index is 0. The monoisotopic (exact) mass is 822 g/mol. The largest absolute Gasteiger partial charge is 0.509 e. The Hall–Kier alpha value is -4.64. The summed E-state index contributed by atoms with van der Waals surface area (Å²) in [7, 11) is 2.09. The fraction of sp³-hybridized carbons (Fsp3) is 0.122. The Kier molecular flexibility index (Phi) is 7.35. The predicted octanol–water partition coefficient (Wildman–Crippen LogP) is 10.9. The molecule has 3 aromatic heterocycles. The van der Waals surface area contributed by atoms with Crippen molar-refractivity contribution in [2.24, 2.45) is 0 Å². The molecule has 8 aromatic rings. The zero-order chi connectivity index (χ0) is 31.9. The molecule has 0 saturated carbocycles. The smallest absolute Gasteiger partial charge is 0.135 e. The van der Waals surface area contributed by atoms with Crippen LogP contribution >= 0.6 is 11.3 Å². The van der Waals surface area contributed by atoms with E-state index in [1.807, 2.05) is 35.7 Å². The van der Waals surface area contributed by atoms with Crippen LogP contribution in [0.5, 0.6) is 11.5 Å². The molecule has 240 valence electrons. The van der Waals surface area contributed by atoms with Crippen LogP contribution in [0.3, 0.4) is 0 Å². The van der Waals surface area contributed by atoms with Gasteiger partial charge in [0, 0.05) is 75.8 Å². The number of ether oxygens (including phenoxy) is 1. The Morgan fingerprint density at radius 1 is 0.729 bits per heavy atom. The summed E-state index contributed by atoms with van der Waals surface area (Å²) < 4.78 is 11.2. The van der Waals surface area contributed by atoms with Crippen molar-refractivity contribution in [3.05, 3.63) is 134 Å². The van der Waals surface area contributed by atoms with Crippen molar-refractivity contribution in [2.75, 3.05) is 16.8 Å². The van der Waals surface area contributed by atoms with Gasteiger partial charge in [-0.3, -0.25) is 0 Å². The molecule has 5 aromatic carbocycles. The topological polar surface area (TPSA) is 33.5 Å². The maximum atomic E-state index is 6.48. The predicted molar refractivity (Wildman–Crippen MR) is 196 cm³/mol. The summed E-state index contributed by atoms with van der Waals surface area (Å²) in [6.45, 7) is 8.78. The molecule has 0 atom stereocenters. The second-order valence-electron chi connectivity index (χ2n) is 13.1. The Labute approximate surface area is 298 Å². The van der Waals surface area contributed by atoms with Gasteiger partial charge in [0.1, 0.15) is 5.82 Å². The van der Waals surface area contributed by atoms with Gasteiger partial charge in [0.05, 0.1) is 0 Å². The molecule has 0 bridgehead atoms. The average Bonchev–Trinajstić information content (AvgIpc) is 3.72. The molecular formula is C41H31N4OPtS-3. The summed E-state index contributed by atoms with van der Waals surface area (Å²) in [5.74, 6) is 2.11. The van der Waals surface area contributed by atoms with Gasteiger partial charge in [-0.1, -0.05) is 62.7 Å². The van der Waals surface area contributed by atoms with Crippen molar-refractivity contribution >= 4 is 70.4 Å². The number of thiophene rings is 1. The van der Waals surface area contributed by atoms with E-state index in [0.717, 1.165) is 44.7 Å². The number of pyridine rings is 1. The van der Waals surface area contributed by atoms with E-state index < -0.39 is 0 Å². The minimum Gasteiger partial charge on any atom is -0.509 e. The standard InChI is InChI=1S/C41H31N4OS.Pt/c1-41(2,3)26-18-19-42-40(20-26)45-34-14-7-5-12-30(34)31-17-16-29(22-35(31)45)46-28-11-9-10-27(21-28)44-25-43(4)36-23-33-32-13-6-8-15-38(32)47-39(33)24-37(36)44;/h5-20,23-25H,1-4H3;/q-3;. The van der Waals surface area contributed by atoms with E-state index in [-0.39, 0.29) is 26.5 Å². The first kappa shape index (κ1) is 30.7.